The van der Waals surface area contributed by atoms with E-state index in [0.29, 0.717) is 49.7 Å². The van der Waals surface area contributed by atoms with Crippen LogP contribution >= 0.6 is 0 Å². The lowest BCUT2D eigenvalue weighted by atomic mass is 9.85. The Morgan fingerprint density at radius 2 is 0.579 bits per heavy atom. The fraction of sp³-hybridized carbons (Fsp3) is 0.0179. The number of allylic oxidation sites excluding steroid dienone is 5. The molecule has 592 valence electrons. The van der Waals surface area contributed by atoms with E-state index in [1.165, 1.54) is 0 Å². The molecule has 3 aliphatic rings. The lowest BCUT2D eigenvalue weighted by Crippen LogP contribution is -2.46. The fourth-order valence-electron chi connectivity index (χ4n) is 18.4. The van der Waals surface area contributed by atoms with Crippen molar-refractivity contribution in [3.8, 4) is 145 Å². The van der Waals surface area contributed by atoms with Crippen LogP contribution in [0, 0.1) is 5.92 Å². The van der Waals surface area contributed by atoms with Crippen LogP contribution in [0.3, 0.4) is 0 Å². The molecule has 9 heterocycles. The number of carbonyl (C=O) groups excluding carboxylic acids is 1. The minimum Gasteiger partial charge on any atom is -0.292 e. The van der Waals surface area contributed by atoms with E-state index >= 15 is 0 Å². The number of rotatable bonds is 14. The smallest absolute Gasteiger partial charge is 0.265 e. The van der Waals surface area contributed by atoms with Gasteiger partial charge in [-0.25, -0.2) is 24.9 Å². The Labute approximate surface area is 722 Å². The zero-order valence-electron chi connectivity index (χ0n) is 67.5. The van der Waals surface area contributed by atoms with Crippen LogP contribution < -0.4 is 16.7 Å². The molecular weight excluding hydrogens is 1550 g/mol. The van der Waals surface area contributed by atoms with Crippen molar-refractivity contribution in [3.63, 3.8) is 0 Å². The molecule has 2 atom stereocenters. The SMILES string of the molecule is O=C1C2C=CC=CC2=NC2C=C(c3ccccc3-c3cc(-c4ccccc4-c4ccc(-c5cc(-c6ccc(-c7ccccc7-c7cc(-c8ccccc8-c8ccn9c(=O)c%10ccccc%10nc9c8)cc(-c8ccccc8-c8ccn9c(=O)c%10ccccc%10nc9c8)c7)cc6)ncn5)cc4)cc(-c4ccccc4-c4ccn5c(=O)c6ccccc6nc5c4)c3)C=CN12. The molecule has 0 bridgehead atoms. The zero-order valence-corrected chi connectivity index (χ0v) is 67.5. The molecule has 0 radical (unpaired) electrons. The Morgan fingerprint density at radius 1 is 0.270 bits per heavy atom. The van der Waals surface area contributed by atoms with Crippen LogP contribution in [0.1, 0.15) is 5.56 Å². The van der Waals surface area contributed by atoms with Gasteiger partial charge in [-0.2, -0.15) is 0 Å². The van der Waals surface area contributed by atoms with Crippen molar-refractivity contribution >= 4 is 66.8 Å². The molecule has 0 fully saturated rings. The van der Waals surface area contributed by atoms with Crippen LogP contribution in [0.4, 0.5) is 0 Å². The summed E-state index contributed by atoms with van der Waals surface area (Å²) in [6.07, 6.45) is 20.3. The Balaban J connectivity index is 0.585. The highest BCUT2D eigenvalue weighted by Crippen LogP contribution is 2.47. The van der Waals surface area contributed by atoms with E-state index in [1.54, 1.807) is 24.4 Å². The van der Waals surface area contributed by atoms with E-state index < -0.39 is 12.1 Å². The van der Waals surface area contributed by atoms with Crippen LogP contribution in [0.25, 0.3) is 200 Å². The standard InChI is InChI=1S/C112H70N10O4/c123-109-95-33-13-17-37-99(95)115-105-63-73(49-53-119(105)109)85-23-3-9-29-91(85)79-57-77(58-80(61-79)92-30-10-4-24-86(92)74-50-54-120-106(64-74)116-100-38-18-14-34-96(100)110(120)124)89-27-7-1-21-83(89)69-41-45-71(46-42-69)103-67-104(114-68-113-103)72-47-43-70(44-48-72)84-22-2-8-28-90(84)78-59-81(93-31-11-5-25-87(93)75-51-55-121-107(65-75)117-101-39-19-15-35-97(101)111(121)125)62-82(60-78)94-32-12-6-26-88(94)76-52-56-122-108(66-76)118-102-40-20-16-36-98(102)112(122)126/h1-68,95,105H. The van der Waals surface area contributed by atoms with Gasteiger partial charge in [-0.05, 0) is 267 Å². The van der Waals surface area contributed by atoms with Crippen molar-refractivity contribution < 1.29 is 4.79 Å². The summed E-state index contributed by atoms with van der Waals surface area (Å²) in [7, 11) is 0. The van der Waals surface area contributed by atoms with Gasteiger partial charge in [0, 0.05) is 35.9 Å². The highest BCUT2D eigenvalue weighted by Gasteiger charge is 2.36. The third-order valence-corrected chi connectivity index (χ3v) is 24.6. The maximum absolute atomic E-state index is 13.9. The molecule has 20 aromatic rings. The molecule has 14 nitrogen and oxygen atoms in total. The molecule has 0 saturated carbocycles. The molecular formula is C112H70N10O4. The first kappa shape index (κ1) is 74.0. The zero-order chi connectivity index (χ0) is 84.0. The van der Waals surface area contributed by atoms with Gasteiger partial charge in [0.25, 0.3) is 16.7 Å². The molecule has 14 heteroatoms. The van der Waals surface area contributed by atoms with Gasteiger partial charge in [-0.3, -0.25) is 42.3 Å². The molecule has 7 aromatic heterocycles. The minimum atomic E-state index is -0.498. The third kappa shape index (κ3) is 13.1. The number of nitrogens with zero attached hydrogens (tertiary/aromatic N) is 10. The van der Waals surface area contributed by atoms with Crippen molar-refractivity contribution in [3.05, 3.63) is 450 Å². The summed E-state index contributed by atoms with van der Waals surface area (Å²) in [6, 6.07) is 118. The molecule has 23 rings (SSSR count). The second-order valence-electron chi connectivity index (χ2n) is 31.9. The van der Waals surface area contributed by atoms with E-state index in [2.05, 4.69) is 231 Å². The fourth-order valence-corrected chi connectivity index (χ4v) is 18.4. The normalized spacial score (nSPS) is 14.1. The van der Waals surface area contributed by atoms with E-state index in [1.807, 2.05) is 176 Å². The summed E-state index contributed by atoms with van der Waals surface area (Å²) in [5.41, 5.74) is 31.1. The summed E-state index contributed by atoms with van der Waals surface area (Å²) in [4.78, 5) is 87.1. The van der Waals surface area contributed by atoms with Gasteiger partial charge in [0.2, 0.25) is 5.91 Å². The monoisotopic (exact) mass is 1620 g/mol. The van der Waals surface area contributed by atoms with Gasteiger partial charge in [-0.15, -0.1) is 0 Å². The number of amides is 1. The second kappa shape index (κ2) is 30.6. The predicted octanol–water partition coefficient (Wildman–Crippen LogP) is 23.9. The molecule has 2 unspecified atom stereocenters. The van der Waals surface area contributed by atoms with Crippen LogP contribution in [0.5, 0.6) is 0 Å². The summed E-state index contributed by atoms with van der Waals surface area (Å²) in [6.45, 7) is 0. The van der Waals surface area contributed by atoms with Crippen molar-refractivity contribution in [2.45, 2.75) is 6.17 Å². The first-order chi connectivity index (χ1) is 62.1. The van der Waals surface area contributed by atoms with Crippen LogP contribution in [0.15, 0.2) is 433 Å². The third-order valence-electron chi connectivity index (χ3n) is 24.6. The average Bonchev–Trinajstić information content (AvgIpc) is 0.769. The Bertz CT molecular complexity index is 8170. The van der Waals surface area contributed by atoms with Crippen molar-refractivity contribution in [1.82, 2.24) is 43.0 Å². The number of pyridine rings is 3. The lowest BCUT2D eigenvalue weighted by molar-refractivity contribution is -0.131. The first-order valence-electron chi connectivity index (χ1n) is 41.9. The highest BCUT2D eigenvalue weighted by molar-refractivity contribution is 6.14. The van der Waals surface area contributed by atoms with Gasteiger partial charge in [0.05, 0.1) is 55.7 Å². The first-order valence-corrected chi connectivity index (χ1v) is 41.9. The van der Waals surface area contributed by atoms with Crippen molar-refractivity contribution in [1.29, 1.82) is 0 Å². The largest absolute Gasteiger partial charge is 0.292 e. The lowest BCUT2D eigenvalue weighted by Gasteiger charge is -2.35. The van der Waals surface area contributed by atoms with Crippen molar-refractivity contribution in [2.24, 2.45) is 10.9 Å². The molecule has 0 spiro atoms. The molecule has 2 aliphatic heterocycles. The number of para-hydroxylation sites is 3. The number of carbonyl (C=O) groups is 1. The Morgan fingerprint density at radius 3 is 0.944 bits per heavy atom. The average molecular weight is 1620 g/mol. The number of fused-ring (bicyclic) bond motifs is 8. The summed E-state index contributed by atoms with van der Waals surface area (Å²) in [5.74, 6) is -0.412. The van der Waals surface area contributed by atoms with Crippen LogP contribution in [-0.2, 0) is 4.79 Å². The summed E-state index contributed by atoms with van der Waals surface area (Å²) < 4.78 is 4.84. The van der Waals surface area contributed by atoms with Gasteiger partial charge >= 0.3 is 0 Å². The Hall–Kier alpha value is -17.1. The predicted molar refractivity (Wildman–Crippen MR) is 507 cm³/mol. The Kier molecular flexibility index (Phi) is 17.9. The number of aliphatic imine (C=N–C) groups is 1. The van der Waals surface area contributed by atoms with E-state index in [4.69, 9.17) is 29.9 Å². The highest BCUT2D eigenvalue weighted by atomic mass is 16.2. The maximum atomic E-state index is 13.9. The van der Waals surface area contributed by atoms with Gasteiger partial charge in [0.1, 0.15) is 29.4 Å². The molecule has 0 saturated heterocycles. The van der Waals surface area contributed by atoms with Gasteiger partial charge < -0.3 is 0 Å². The van der Waals surface area contributed by atoms with Crippen LogP contribution in [0.2, 0.25) is 0 Å². The maximum Gasteiger partial charge on any atom is 0.265 e. The minimum absolute atomic E-state index is 0.00321. The molecule has 126 heavy (non-hydrogen) atoms. The summed E-state index contributed by atoms with van der Waals surface area (Å²) >= 11 is 0. The van der Waals surface area contributed by atoms with E-state index in [9.17, 15) is 19.2 Å². The number of hydrogen-bond donors (Lipinski definition) is 0. The summed E-state index contributed by atoms with van der Waals surface area (Å²) in [5, 5.41) is 1.68. The van der Waals surface area contributed by atoms with Crippen LogP contribution in [-0.4, -0.2) is 60.8 Å². The molecule has 13 aromatic carbocycles. The van der Waals surface area contributed by atoms with Crippen molar-refractivity contribution in [2.75, 3.05) is 0 Å². The number of hydrogen-bond acceptors (Lipinski definition) is 10. The number of benzene rings is 13. The molecule has 1 aliphatic carbocycles. The van der Waals surface area contributed by atoms with Gasteiger partial charge in [-0.1, -0.05) is 249 Å². The number of aromatic nitrogens is 8. The van der Waals surface area contributed by atoms with Gasteiger partial charge in [0.15, 0.2) is 0 Å². The van der Waals surface area contributed by atoms with E-state index in [0.717, 1.165) is 162 Å². The second-order valence-corrected chi connectivity index (χ2v) is 31.9. The molecule has 0 N–H and O–H groups in total. The topological polar surface area (TPSA) is 162 Å². The van der Waals surface area contributed by atoms with E-state index in [-0.39, 0.29) is 22.6 Å². The molecule has 1 amide bonds. The quantitative estimate of drug-likeness (QED) is 0.0965.